The van der Waals surface area contributed by atoms with Crippen molar-refractivity contribution in [1.29, 1.82) is 0 Å². The van der Waals surface area contributed by atoms with E-state index in [-0.39, 0.29) is 24.0 Å². The second kappa shape index (κ2) is 4.86. The van der Waals surface area contributed by atoms with Crippen LogP contribution in [0.4, 0.5) is 9.18 Å². The Morgan fingerprint density at radius 2 is 2.10 bits per heavy atom. The summed E-state index contributed by atoms with van der Waals surface area (Å²) in [5.41, 5.74) is 0.0974. The van der Waals surface area contributed by atoms with E-state index >= 15 is 0 Å². The van der Waals surface area contributed by atoms with Gasteiger partial charge in [-0.05, 0) is 18.9 Å². The SMILES string of the molecule is O=C1[C@H]2CCCN2C(=O)N1C[C@H](O)c1ccccc1F. The first-order chi connectivity index (χ1) is 9.59. The van der Waals surface area contributed by atoms with Crippen molar-refractivity contribution in [3.05, 3.63) is 35.6 Å². The summed E-state index contributed by atoms with van der Waals surface area (Å²) in [5, 5.41) is 10.1. The van der Waals surface area contributed by atoms with E-state index in [9.17, 15) is 19.1 Å². The highest BCUT2D eigenvalue weighted by molar-refractivity contribution is 6.04. The van der Waals surface area contributed by atoms with Crippen molar-refractivity contribution in [3.63, 3.8) is 0 Å². The van der Waals surface area contributed by atoms with Crippen LogP contribution in [0.2, 0.25) is 0 Å². The molecule has 2 saturated heterocycles. The maximum absolute atomic E-state index is 13.6. The summed E-state index contributed by atoms with van der Waals surface area (Å²) >= 11 is 0. The summed E-state index contributed by atoms with van der Waals surface area (Å²) < 4.78 is 13.6. The zero-order chi connectivity index (χ0) is 14.3. The van der Waals surface area contributed by atoms with Crippen LogP contribution < -0.4 is 0 Å². The molecular weight excluding hydrogens is 263 g/mol. The van der Waals surface area contributed by atoms with Crippen LogP contribution in [0.1, 0.15) is 24.5 Å². The van der Waals surface area contributed by atoms with Crippen LogP contribution in [0.15, 0.2) is 24.3 Å². The number of hydrogen-bond acceptors (Lipinski definition) is 3. The van der Waals surface area contributed by atoms with Crippen molar-refractivity contribution in [1.82, 2.24) is 9.80 Å². The third kappa shape index (κ3) is 1.96. The lowest BCUT2D eigenvalue weighted by atomic mass is 10.1. The number of fused-ring (bicyclic) bond motifs is 1. The first kappa shape index (κ1) is 13.1. The van der Waals surface area contributed by atoms with Crippen molar-refractivity contribution in [2.75, 3.05) is 13.1 Å². The van der Waals surface area contributed by atoms with Gasteiger partial charge in [0.1, 0.15) is 11.9 Å². The van der Waals surface area contributed by atoms with Crippen LogP contribution in [-0.4, -0.2) is 46.0 Å². The summed E-state index contributed by atoms with van der Waals surface area (Å²) in [5.74, 6) is -0.831. The predicted molar refractivity (Wildman–Crippen MR) is 68.2 cm³/mol. The molecule has 0 bridgehead atoms. The minimum atomic E-state index is -1.20. The third-order valence-electron chi connectivity index (χ3n) is 3.90. The molecule has 2 fully saturated rings. The van der Waals surface area contributed by atoms with Gasteiger partial charge in [-0.15, -0.1) is 0 Å². The Morgan fingerprint density at radius 1 is 1.35 bits per heavy atom. The normalized spacial score (nSPS) is 23.4. The van der Waals surface area contributed by atoms with Crippen LogP contribution in [0.5, 0.6) is 0 Å². The molecule has 0 radical (unpaired) electrons. The molecule has 1 N–H and O–H groups in total. The number of nitrogens with zero attached hydrogens (tertiary/aromatic N) is 2. The van der Waals surface area contributed by atoms with E-state index in [2.05, 4.69) is 0 Å². The molecule has 0 spiro atoms. The summed E-state index contributed by atoms with van der Waals surface area (Å²) in [7, 11) is 0. The van der Waals surface area contributed by atoms with Crippen LogP contribution >= 0.6 is 0 Å². The second-order valence-corrected chi connectivity index (χ2v) is 5.12. The van der Waals surface area contributed by atoms with Crippen LogP contribution in [-0.2, 0) is 4.79 Å². The first-order valence-corrected chi connectivity index (χ1v) is 6.64. The molecule has 2 atom stereocenters. The topological polar surface area (TPSA) is 60.9 Å². The quantitative estimate of drug-likeness (QED) is 0.847. The van der Waals surface area contributed by atoms with E-state index in [0.29, 0.717) is 13.0 Å². The molecule has 0 aliphatic carbocycles. The Bertz CT molecular complexity index is 541. The first-order valence-electron chi connectivity index (χ1n) is 6.64. The van der Waals surface area contributed by atoms with Gasteiger partial charge in [0.05, 0.1) is 12.6 Å². The predicted octanol–water partition coefficient (Wildman–Crippen LogP) is 1.29. The highest BCUT2D eigenvalue weighted by Gasteiger charge is 2.47. The van der Waals surface area contributed by atoms with E-state index in [4.69, 9.17) is 0 Å². The highest BCUT2D eigenvalue weighted by atomic mass is 19.1. The molecule has 2 aliphatic rings. The average Bonchev–Trinajstić information content (AvgIpc) is 2.99. The largest absolute Gasteiger partial charge is 0.386 e. The standard InChI is InChI=1S/C14H15FN2O3/c15-10-5-2-1-4-9(10)12(18)8-17-13(19)11-6-3-7-16(11)14(17)20/h1-2,4-5,11-12,18H,3,6-8H2/t11-,12+/m1/s1. The number of benzene rings is 1. The number of carbonyl (C=O) groups excluding carboxylic acids is 2. The second-order valence-electron chi connectivity index (χ2n) is 5.12. The zero-order valence-electron chi connectivity index (χ0n) is 10.8. The molecule has 0 saturated carbocycles. The Kier molecular flexibility index (Phi) is 3.17. The molecule has 2 heterocycles. The van der Waals surface area contributed by atoms with Gasteiger partial charge in [0.15, 0.2) is 0 Å². The van der Waals surface area contributed by atoms with Gasteiger partial charge in [-0.25, -0.2) is 9.18 Å². The number of aliphatic hydroxyl groups excluding tert-OH is 1. The number of imide groups is 1. The van der Waals surface area contributed by atoms with Gasteiger partial charge in [0, 0.05) is 12.1 Å². The summed E-state index contributed by atoms with van der Waals surface area (Å²) in [6, 6.07) is 5.04. The molecule has 3 rings (SSSR count). The molecule has 0 unspecified atom stereocenters. The third-order valence-corrected chi connectivity index (χ3v) is 3.90. The molecule has 1 aromatic rings. The lowest BCUT2D eigenvalue weighted by Gasteiger charge is -2.19. The molecule has 106 valence electrons. The molecule has 3 amide bonds. The number of rotatable bonds is 3. The molecule has 20 heavy (non-hydrogen) atoms. The molecule has 1 aromatic carbocycles. The summed E-state index contributed by atoms with van der Waals surface area (Å²) in [4.78, 5) is 26.7. The van der Waals surface area contributed by atoms with Gasteiger partial charge in [-0.2, -0.15) is 0 Å². The summed E-state index contributed by atoms with van der Waals surface area (Å²) in [6.07, 6.45) is 0.284. The van der Waals surface area contributed by atoms with E-state index in [1.807, 2.05) is 0 Å². The number of hydrogen-bond donors (Lipinski definition) is 1. The monoisotopic (exact) mass is 278 g/mol. The number of amides is 3. The van der Waals surface area contributed by atoms with Crippen molar-refractivity contribution < 1.29 is 19.1 Å². The molecule has 2 aliphatic heterocycles. The Hall–Kier alpha value is -1.95. The van der Waals surface area contributed by atoms with Crippen LogP contribution in [0.3, 0.4) is 0 Å². The molecular formula is C14H15FN2O3. The minimum Gasteiger partial charge on any atom is -0.386 e. The number of carbonyl (C=O) groups is 2. The van der Waals surface area contributed by atoms with E-state index in [0.717, 1.165) is 11.3 Å². The van der Waals surface area contributed by atoms with Crippen molar-refractivity contribution in [3.8, 4) is 0 Å². The summed E-state index contributed by atoms with van der Waals surface area (Å²) in [6.45, 7) is 0.368. The fourth-order valence-electron chi connectivity index (χ4n) is 2.87. The van der Waals surface area contributed by atoms with Gasteiger partial charge in [0.25, 0.3) is 5.91 Å². The lowest BCUT2D eigenvalue weighted by molar-refractivity contribution is -0.129. The lowest BCUT2D eigenvalue weighted by Crippen LogP contribution is -2.36. The zero-order valence-corrected chi connectivity index (χ0v) is 10.8. The maximum Gasteiger partial charge on any atom is 0.327 e. The highest BCUT2D eigenvalue weighted by Crippen LogP contribution is 2.29. The van der Waals surface area contributed by atoms with Crippen LogP contribution in [0.25, 0.3) is 0 Å². The van der Waals surface area contributed by atoms with Gasteiger partial charge < -0.3 is 10.0 Å². The maximum atomic E-state index is 13.6. The van der Waals surface area contributed by atoms with Crippen LogP contribution in [0, 0.1) is 5.82 Å². The average molecular weight is 278 g/mol. The van der Waals surface area contributed by atoms with Crippen molar-refractivity contribution in [2.24, 2.45) is 0 Å². The van der Waals surface area contributed by atoms with Crippen molar-refractivity contribution in [2.45, 2.75) is 25.0 Å². The number of urea groups is 1. The molecule has 6 heteroatoms. The van der Waals surface area contributed by atoms with Crippen molar-refractivity contribution >= 4 is 11.9 Å². The molecule has 5 nitrogen and oxygen atoms in total. The van der Waals surface area contributed by atoms with Gasteiger partial charge in [-0.1, -0.05) is 18.2 Å². The van der Waals surface area contributed by atoms with Gasteiger partial charge in [0.2, 0.25) is 0 Å². The van der Waals surface area contributed by atoms with E-state index < -0.39 is 18.0 Å². The van der Waals surface area contributed by atoms with Gasteiger partial charge >= 0.3 is 6.03 Å². The number of halogens is 1. The van der Waals surface area contributed by atoms with E-state index in [1.165, 1.54) is 23.1 Å². The van der Waals surface area contributed by atoms with E-state index in [1.54, 1.807) is 6.07 Å². The Morgan fingerprint density at radius 3 is 2.80 bits per heavy atom. The smallest absolute Gasteiger partial charge is 0.327 e. The Balaban J connectivity index is 1.77. The molecule has 0 aromatic heterocycles. The minimum absolute atomic E-state index is 0.0974. The Labute approximate surface area is 115 Å². The number of β-amino-alcohol motifs (C(OH)–C–C–N with tert-alkyl or cyclic N) is 1. The fourth-order valence-corrected chi connectivity index (χ4v) is 2.87. The van der Waals surface area contributed by atoms with Gasteiger partial charge in [-0.3, -0.25) is 9.69 Å². The number of aliphatic hydroxyl groups is 1. The fraction of sp³-hybridized carbons (Fsp3) is 0.429.